The first kappa shape index (κ1) is 26.1. The summed E-state index contributed by atoms with van der Waals surface area (Å²) < 4.78 is 5.21. The number of ether oxygens (including phenoxy) is 1. The number of halogens is 1. The highest BCUT2D eigenvalue weighted by atomic mass is 35.5. The van der Waals surface area contributed by atoms with Crippen molar-refractivity contribution in [1.29, 1.82) is 0 Å². The average Bonchev–Trinajstić information content (AvgIpc) is 2.70. The van der Waals surface area contributed by atoms with E-state index in [0.717, 1.165) is 24.2 Å². The van der Waals surface area contributed by atoms with Crippen molar-refractivity contribution < 1.29 is 4.74 Å². The normalized spacial score (nSPS) is 14.7. The number of hydrogen-bond acceptors (Lipinski definition) is 6. The first-order valence-corrected chi connectivity index (χ1v) is 11.1. The topological polar surface area (TPSA) is 70.0 Å². The van der Waals surface area contributed by atoms with Crippen molar-refractivity contribution in [2.75, 3.05) is 13.7 Å². The lowest BCUT2D eigenvalue weighted by Crippen LogP contribution is -2.51. The van der Waals surface area contributed by atoms with Crippen LogP contribution in [0.5, 0.6) is 5.75 Å². The second kappa shape index (κ2) is 14.1. The number of hydrogen-bond donors (Lipinski definition) is 3. The summed E-state index contributed by atoms with van der Waals surface area (Å²) in [5.74, 6) is 2.41. The number of methoxy groups -OCH3 is 1. The Morgan fingerprint density at radius 3 is 2.03 bits per heavy atom. The van der Waals surface area contributed by atoms with Crippen molar-refractivity contribution in [3.8, 4) is 5.75 Å². The Morgan fingerprint density at radius 1 is 0.867 bits per heavy atom. The fraction of sp³-hybridized carbons (Fsp3) is 0.652. The molecule has 0 spiro atoms. The van der Waals surface area contributed by atoms with Gasteiger partial charge in [-0.25, -0.2) is 9.98 Å². The second-order valence-corrected chi connectivity index (χ2v) is 8.14. The van der Waals surface area contributed by atoms with Crippen molar-refractivity contribution in [2.45, 2.75) is 84.3 Å². The summed E-state index contributed by atoms with van der Waals surface area (Å²) >= 11 is 0. The third kappa shape index (κ3) is 10.2. The molecule has 0 fully saturated rings. The van der Waals surface area contributed by atoms with E-state index in [-0.39, 0.29) is 12.4 Å². The van der Waals surface area contributed by atoms with E-state index in [9.17, 15) is 0 Å². The van der Waals surface area contributed by atoms with Gasteiger partial charge in [-0.2, -0.15) is 0 Å². The van der Waals surface area contributed by atoms with Gasteiger partial charge in [0.15, 0.2) is 5.66 Å². The highest BCUT2D eigenvalue weighted by Gasteiger charge is 2.22. The van der Waals surface area contributed by atoms with Gasteiger partial charge < -0.3 is 15.4 Å². The van der Waals surface area contributed by atoms with Gasteiger partial charge in [0, 0.05) is 13.1 Å². The monoisotopic (exact) mass is 437 g/mol. The predicted molar refractivity (Wildman–Crippen MR) is 130 cm³/mol. The zero-order valence-corrected chi connectivity index (χ0v) is 19.9. The number of benzene rings is 1. The van der Waals surface area contributed by atoms with Crippen LogP contribution < -0.4 is 20.7 Å². The van der Waals surface area contributed by atoms with E-state index >= 15 is 0 Å². The lowest BCUT2D eigenvalue weighted by Gasteiger charge is -2.26. The van der Waals surface area contributed by atoms with Crippen LogP contribution in [0, 0.1) is 0 Å². The lowest BCUT2D eigenvalue weighted by atomic mass is 10.1. The molecule has 0 saturated heterocycles. The summed E-state index contributed by atoms with van der Waals surface area (Å²) in [5.41, 5.74) is 0.693. The second-order valence-electron chi connectivity index (χ2n) is 8.14. The molecule has 0 aliphatic carbocycles. The third-order valence-corrected chi connectivity index (χ3v) is 4.95. The van der Waals surface area contributed by atoms with Gasteiger partial charge in [0.2, 0.25) is 11.9 Å². The Hall–Kier alpha value is -1.95. The van der Waals surface area contributed by atoms with E-state index in [1.165, 1.54) is 56.9 Å². The van der Waals surface area contributed by atoms with Crippen LogP contribution >= 0.6 is 12.4 Å². The Bertz CT molecular complexity index is 658. The molecular formula is C23H40ClN5O. The van der Waals surface area contributed by atoms with Crippen molar-refractivity contribution in [3.05, 3.63) is 29.8 Å². The minimum Gasteiger partial charge on any atom is -0.497 e. The van der Waals surface area contributed by atoms with Gasteiger partial charge in [0.25, 0.3) is 0 Å². The van der Waals surface area contributed by atoms with Gasteiger partial charge in [-0.15, -0.1) is 12.4 Å². The van der Waals surface area contributed by atoms with Crippen molar-refractivity contribution in [3.63, 3.8) is 0 Å². The van der Waals surface area contributed by atoms with Crippen molar-refractivity contribution >= 4 is 24.3 Å². The average molecular weight is 438 g/mol. The van der Waals surface area contributed by atoms with Crippen LogP contribution in [-0.2, 0) is 6.54 Å². The van der Waals surface area contributed by atoms with E-state index < -0.39 is 5.66 Å². The molecule has 6 nitrogen and oxygen atoms in total. The molecule has 0 amide bonds. The summed E-state index contributed by atoms with van der Waals surface area (Å²) in [7, 11) is 1.68. The van der Waals surface area contributed by atoms with Gasteiger partial charge in [0.1, 0.15) is 5.75 Å². The van der Waals surface area contributed by atoms with Crippen LogP contribution in [0.1, 0.15) is 77.7 Å². The van der Waals surface area contributed by atoms with E-state index in [4.69, 9.17) is 4.74 Å². The maximum Gasteiger partial charge on any atom is 0.200 e. The van der Waals surface area contributed by atoms with Gasteiger partial charge >= 0.3 is 0 Å². The number of unbranched alkanes of at least 4 members (excludes halogenated alkanes) is 7. The zero-order chi connectivity index (χ0) is 21.0. The molecule has 1 aliphatic heterocycles. The van der Waals surface area contributed by atoms with E-state index in [1.54, 1.807) is 7.11 Å². The molecule has 1 aromatic rings. The zero-order valence-electron chi connectivity index (χ0n) is 19.1. The molecule has 0 radical (unpaired) electrons. The van der Waals surface area contributed by atoms with Crippen LogP contribution in [0.3, 0.4) is 0 Å². The Balaban J connectivity index is 0.00000450. The summed E-state index contributed by atoms with van der Waals surface area (Å²) in [6, 6.07) is 8.04. The Kier molecular flexibility index (Phi) is 12.3. The van der Waals surface area contributed by atoms with Crippen molar-refractivity contribution in [2.24, 2.45) is 9.98 Å². The molecule has 2 rings (SSSR count). The molecule has 0 aromatic heterocycles. The Labute approximate surface area is 188 Å². The first-order valence-electron chi connectivity index (χ1n) is 11.1. The summed E-state index contributed by atoms with van der Waals surface area (Å²) in [6.45, 7) is 7.92. The highest BCUT2D eigenvalue weighted by Crippen LogP contribution is 2.14. The van der Waals surface area contributed by atoms with E-state index in [1.807, 2.05) is 26.0 Å². The summed E-state index contributed by atoms with van der Waals surface area (Å²) in [4.78, 5) is 9.31. The molecule has 170 valence electrons. The van der Waals surface area contributed by atoms with Gasteiger partial charge in [-0.05, 0) is 38.0 Å². The first-order chi connectivity index (χ1) is 14.0. The van der Waals surface area contributed by atoms with E-state index in [0.29, 0.717) is 6.54 Å². The molecule has 7 heteroatoms. The van der Waals surface area contributed by atoms with Crippen LogP contribution in [0.15, 0.2) is 34.3 Å². The maximum atomic E-state index is 5.21. The maximum absolute atomic E-state index is 5.21. The smallest absolute Gasteiger partial charge is 0.200 e. The van der Waals surface area contributed by atoms with E-state index in [2.05, 4.69) is 45.0 Å². The van der Waals surface area contributed by atoms with Gasteiger partial charge in [-0.1, -0.05) is 64.0 Å². The molecule has 0 saturated carbocycles. The number of rotatable bonds is 12. The highest BCUT2D eigenvalue weighted by molar-refractivity contribution is 6.00. The summed E-state index contributed by atoms with van der Waals surface area (Å²) in [6.07, 6.45) is 10.6. The molecule has 0 atom stereocenters. The molecule has 1 aromatic carbocycles. The minimum absolute atomic E-state index is 0. The SMILES string of the molecule is CCCCCCCCCCNC1=NC(C)(C)N=C(NCc2ccc(OC)cc2)N1.Cl. The molecule has 0 unspecified atom stereocenters. The van der Waals surface area contributed by atoms with Gasteiger partial charge in [-0.3, -0.25) is 5.32 Å². The molecule has 1 aliphatic rings. The molecular weight excluding hydrogens is 398 g/mol. The Morgan fingerprint density at radius 2 is 1.43 bits per heavy atom. The largest absolute Gasteiger partial charge is 0.497 e. The molecule has 0 bridgehead atoms. The fourth-order valence-corrected chi connectivity index (χ4v) is 3.30. The lowest BCUT2D eigenvalue weighted by molar-refractivity contribution is 0.414. The number of nitrogens with zero attached hydrogens (tertiary/aromatic N) is 2. The molecule has 30 heavy (non-hydrogen) atoms. The fourth-order valence-electron chi connectivity index (χ4n) is 3.30. The third-order valence-electron chi connectivity index (χ3n) is 4.95. The van der Waals surface area contributed by atoms with Gasteiger partial charge in [0.05, 0.1) is 7.11 Å². The molecule has 3 N–H and O–H groups in total. The minimum atomic E-state index is -0.477. The number of guanidine groups is 2. The van der Waals surface area contributed by atoms with Crippen LogP contribution in [0.25, 0.3) is 0 Å². The predicted octanol–water partition coefficient (Wildman–Crippen LogP) is 4.99. The summed E-state index contributed by atoms with van der Waals surface area (Å²) in [5, 5.41) is 10.1. The standard InChI is InChI=1S/C23H39N5O.ClH/c1-5-6-7-8-9-10-11-12-17-24-21-26-22(28-23(2,3)27-21)25-18-19-13-15-20(29-4)16-14-19;/h13-16H,5-12,17-18H2,1-4H3,(H3,24,25,26,27,28);1H. The van der Waals surface area contributed by atoms with Crippen LogP contribution in [0.2, 0.25) is 0 Å². The quantitative estimate of drug-likeness (QED) is 0.403. The number of aliphatic imine (C=N–C) groups is 2. The van der Waals surface area contributed by atoms with Crippen LogP contribution in [-0.4, -0.2) is 31.2 Å². The van der Waals surface area contributed by atoms with Crippen molar-refractivity contribution in [1.82, 2.24) is 16.0 Å². The van der Waals surface area contributed by atoms with Crippen LogP contribution in [0.4, 0.5) is 0 Å². The number of nitrogens with one attached hydrogen (secondary N) is 3. The molecule has 1 heterocycles.